The lowest BCUT2D eigenvalue weighted by Gasteiger charge is -2.25. The Morgan fingerprint density at radius 2 is 1.66 bits per heavy atom. The SMILES string of the molecule is COc1cc(Nc2ccc(C(N)=O)c(NC3CCSCC3)c2)cc(OC)c1OC. The Bertz CT molecular complexity index is 844. The molecule has 1 saturated heterocycles. The number of amides is 1. The Balaban J connectivity index is 1.89. The van der Waals surface area contributed by atoms with Crippen molar-refractivity contribution in [2.24, 2.45) is 5.73 Å². The normalized spacial score (nSPS) is 14.2. The number of nitrogens with one attached hydrogen (secondary N) is 2. The highest BCUT2D eigenvalue weighted by atomic mass is 32.2. The van der Waals surface area contributed by atoms with Crippen LogP contribution < -0.4 is 30.6 Å². The summed E-state index contributed by atoms with van der Waals surface area (Å²) in [6, 6.07) is 9.47. The van der Waals surface area contributed by atoms with E-state index in [0.29, 0.717) is 28.9 Å². The third-order valence-corrected chi connectivity index (χ3v) is 5.87. The Morgan fingerprint density at radius 3 is 2.21 bits per heavy atom. The molecule has 2 aromatic rings. The van der Waals surface area contributed by atoms with Crippen molar-refractivity contribution < 1.29 is 19.0 Å². The van der Waals surface area contributed by atoms with Crippen molar-refractivity contribution >= 4 is 34.7 Å². The molecule has 3 rings (SSSR count). The number of anilines is 3. The van der Waals surface area contributed by atoms with Crippen LogP contribution in [-0.4, -0.2) is 44.8 Å². The molecule has 0 saturated carbocycles. The van der Waals surface area contributed by atoms with E-state index < -0.39 is 5.91 Å². The van der Waals surface area contributed by atoms with Crippen LogP contribution in [0, 0.1) is 0 Å². The summed E-state index contributed by atoms with van der Waals surface area (Å²) in [5, 5.41) is 6.83. The minimum atomic E-state index is -0.447. The van der Waals surface area contributed by atoms with Crippen LogP contribution in [0.2, 0.25) is 0 Å². The van der Waals surface area contributed by atoms with Crippen LogP contribution in [0.1, 0.15) is 23.2 Å². The molecule has 0 unspecified atom stereocenters. The summed E-state index contributed by atoms with van der Waals surface area (Å²) in [5.74, 6) is 3.43. The summed E-state index contributed by atoms with van der Waals surface area (Å²) in [6.45, 7) is 0. The molecule has 2 aromatic carbocycles. The van der Waals surface area contributed by atoms with Gasteiger partial charge in [0.2, 0.25) is 5.75 Å². The molecule has 0 bridgehead atoms. The second kappa shape index (κ2) is 9.65. The largest absolute Gasteiger partial charge is 0.493 e. The predicted octanol–water partition coefficient (Wildman–Crippen LogP) is 3.86. The number of carbonyl (C=O) groups excluding carboxylic acids is 1. The van der Waals surface area contributed by atoms with Gasteiger partial charge in [0, 0.05) is 35.2 Å². The average Bonchev–Trinajstić information content (AvgIpc) is 2.73. The predicted molar refractivity (Wildman–Crippen MR) is 118 cm³/mol. The van der Waals surface area contributed by atoms with Gasteiger partial charge in [-0.25, -0.2) is 0 Å². The Labute approximate surface area is 175 Å². The molecule has 1 heterocycles. The van der Waals surface area contributed by atoms with Crippen LogP contribution in [-0.2, 0) is 0 Å². The number of carbonyl (C=O) groups is 1. The first kappa shape index (κ1) is 21.0. The maximum atomic E-state index is 11.9. The van der Waals surface area contributed by atoms with Gasteiger partial charge in [-0.2, -0.15) is 11.8 Å². The van der Waals surface area contributed by atoms with Gasteiger partial charge >= 0.3 is 0 Å². The Kier molecular flexibility index (Phi) is 6.98. The zero-order valence-electron chi connectivity index (χ0n) is 16.9. The molecular weight excluding hydrogens is 390 g/mol. The zero-order chi connectivity index (χ0) is 20.8. The van der Waals surface area contributed by atoms with Gasteiger partial charge in [-0.15, -0.1) is 0 Å². The Morgan fingerprint density at radius 1 is 1.00 bits per heavy atom. The molecule has 0 aliphatic carbocycles. The number of hydrogen-bond acceptors (Lipinski definition) is 7. The molecule has 0 radical (unpaired) electrons. The fourth-order valence-electron chi connectivity index (χ4n) is 3.34. The molecule has 0 aromatic heterocycles. The molecule has 1 aliphatic rings. The van der Waals surface area contributed by atoms with E-state index in [2.05, 4.69) is 10.6 Å². The van der Waals surface area contributed by atoms with Gasteiger partial charge in [0.05, 0.1) is 26.9 Å². The lowest BCUT2D eigenvalue weighted by molar-refractivity contribution is 0.100. The van der Waals surface area contributed by atoms with Gasteiger partial charge in [-0.05, 0) is 42.5 Å². The second-order valence-corrected chi connectivity index (χ2v) is 7.92. The van der Waals surface area contributed by atoms with Crippen molar-refractivity contribution in [1.82, 2.24) is 0 Å². The molecule has 29 heavy (non-hydrogen) atoms. The van der Waals surface area contributed by atoms with Crippen molar-refractivity contribution in [3.8, 4) is 17.2 Å². The van der Waals surface area contributed by atoms with Gasteiger partial charge in [0.15, 0.2) is 11.5 Å². The van der Waals surface area contributed by atoms with E-state index in [1.807, 2.05) is 36.0 Å². The minimum Gasteiger partial charge on any atom is -0.493 e. The first-order chi connectivity index (χ1) is 14.0. The van der Waals surface area contributed by atoms with E-state index in [4.69, 9.17) is 19.9 Å². The van der Waals surface area contributed by atoms with Crippen LogP contribution >= 0.6 is 11.8 Å². The van der Waals surface area contributed by atoms with E-state index in [0.717, 1.165) is 41.4 Å². The number of nitrogens with two attached hydrogens (primary N) is 1. The molecular formula is C21H27N3O4S. The molecule has 1 amide bonds. The smallest absolute Gasteiger partial charge is 0.250 e. The maximum absolute atomic E-state index is 11.9. The van der Waals surface area contributed by atoms with E-state index in [9.17, 15) is 4.79 Å². The molecule has 0 spiro atoms. The number of methoxy groups -OCH3 is 3. The third kappa shape index (κ3) is 5.00. The maximum Gasteiger partial charge on any atom is 0.250 e. The number of benzene rings is 2. The summed E-state index contributed by atoms with van der Waals surface area (Å²) >= 11 is 1.96. The van der Waals surface area contributed by atoms with Gasteiger partial charge in [-0.3, -0.25) is 4.79 Å². The number of rotatable bonds is 8. The molecule has 1 fully saturated rings. The molecule has 1 aliphatic heterocycles. The second-order valence-electron chi connectivity index (χ2n) is 6.69. The quantitative estimate of drug-likeness (QED) is 0.600. The number of primary amides is 1. The number of thioether (sulfide) groups is 1. The van der Waals surface area contributed by atoms with E-state index in [1.54, 1.807) is 27.4 Å². The summed E-state index contributed by atoms with van der Waals surface area (Å²) in [4.78, 5) is 11.9. The molecule has 4 N–H and O–H groups in total. The van der Waals surface area contributed by atoms with E-state index >= 15 is 0 Å². The van der Waals surface area contributed by atoms with Crippen molar-refractivity contribution in [3.05, 3.63) is 35.9 Å². The van der Waals surface area contributed by atoms with Gasteiger partial charge in [0.1, 0.15) is 0 Å². The molecule has 156 valence electrons. The van der Waals surface area contributed by atoms with Crippen LogP contribution in [0.3, 0.4) is 0 Å². The number of ether oxygens (including phenoxy) is 3. The first-order valence-electron chi connectivity index (χ1n) is 9.41. The zero-order valence-corrected chi connectivity index (χ0v) is 17.7. The van der Waals surface area contributed by atoms with Crippen LogP contribution in [0.5, 0.6) is 17.2 Å². The van der Waals surface area contributed by atoms with Crippen LogP contribution in [0.25, 0.3) is 0 Å². The average molecular weight is 418 g/mol. The molecule has 8 heteroatoms. The van der Waals surface area contributed by atoms with Crippen molar-refractivity contribution in [2.75, 3.05) is 43.5 Å². The standard InChI is InChI=1S/C21H27N3O4S/c1-26-18-11-15(12-19(27-2)20(18)28-3)23-14-4-5-16(21(22)25)17(10-14)24-13-6-8-29-9-7-13/h4-5,10-13,23-24H,6-9H2,1-3H3,(H2,22,25). The van der Waals surface area contributed by atoms with E-state index in [1.165, 1.54) is 0 Å². The summed E-state index contributed by atoms with van der Waals surface area (Å²) in [6.07, 6.45) is 2.13. The molecule has 7 nitrogen and oxygen atoms in total. The fraction of sp³-hybridized carbons (Fsp3) is 0.381. The molecule has 0 atom stereocenters. The first-order valence-corrected chi connectivity index (χ1v) is 10.6. The topological polar surface area (TPSA) is 94.8 Å². The summed E-state index contributed by atoms with van der Waals surface area (Å²) < 4.78 is 16.2. The lowest BCUT2D eigenvalue weighted by atomic mass is 10.1. The highest BCUT2D eigenvalue weighted by Crippen LogP contribution is 2.41. The van der Waals surface area contributed by atoms with Gasteiger partial charge in [0.25, 0.3) is 5.91 Å². The fourth-order valence-corrected chi connectivity index (χ4v) is 4.44. The Hall–Kier alpha value is -2.74. The van der Waals surface area contributed by atoms with Crippen LogP contribution in [0.4, 0.5) is 17.1 Å². The van der Waals surface area contributed by atoms with Crippen molar-refractivity contribution in [1.29, 1.82) is 0 Å². The highest BCUT2D eigenvalue weighted by molar-refractivity contribution is 7.99. The van der Waals surface area contributed by atoms with Crippen molar-refractivity contribution in [2.45, 2.75) is 18.9 Å². The van der Waals surface area contributed by atoms with E-state index in [-0.39, 0.29) is 0 Å². The summed E-state index contributed by atoms with van der Waals surface area (Å²) in [5.41, 5.74) is 8.39. The van der Waals surface area contributed by atoms with Crippen LogP contribution in [0.15, 0.2) is 30.3 Å². The number of hydrogen-bond donors (Lipinski definition) is 3. The minimum absolute atomic E-state index is 0.339. The van der Waals surface area contributed by atoms with Gasteiger partial charge < -0.3 is 30.6 Å². The third-order valence-electron chi connectivity index (χ3n) is 4.82. The highest BCUT2D eigenvalue weighted by Gasteiger charge is 2.18. The lowest BCUT2D eigenvalue weighted by Crippen LogP contribution is -2.26. The monoisotopic (exact) mass is 417 g/mol. The summed E-state index contributed by atoms with van der Waals surface area (Å²) in [7, 11) is 4.72. The van der Waals surface area contributed by atoms with Gasteiger partial charge in [-0.1, -0.05) is 0 Å². The van der Waals surface area contributed by atoms with Crippen molar-refractivity contribution in [3.63, 3.8) is 0 Å².